The van der Waals surface area contributed by atoms with E-state index in [1.165, 1.54) is 23.7 Å². The monoisotopic (exact) mass is 434 g/mol. The van der Waals surface area contributed by atoms with E-state index in [0.717, 1.165) is 10.5 Å². The van der Waals surface area contributed by atoms with Crippen LogP contribution < -0.4 is 10.8 Å². The quantitative estimate of drug-likeness (QED) is 0.310. The normalized spacial score (nSPS) is 13.0. The molecule has 0 heterocycles. The Bertz CT molecular complexity index is 806. The van der Waals surface area contributed by atoms with Gasteiger partial charge in [0.05, 0.1) is 0 Å². The second-order valence-electron chi connectivity index (χ2n) is 5.74. The molecule has 0 spiro atoms. The molecule has 2 rings (SSSR count). The highest BCUT2D eigenvalue weighted by Crippen LogP contribution is 2.29. The summed E-state index contributed by atoms with van der Waals surface area (Å²) in [5, 5.41) is 20.7. The molecule has 0 aromatic heterocycles. The molecule has 7 nitrogen and oxygen atoms in total. The molecule has 2 aromatic rings. The number of hydrogen-bond acceptors (Lipinski definition) is 5. The van der Waals surface area contributed by atoms with Crippen molar-refractivity contribution in [3.8, 4) is 5.75 Å². The maximum absolute atomic E-state index is 12.3. The smallest absolute Gasteiger partial charge is 0.412 e. The first-order valence-corrected chi connectivity index (χ1v) is 8.82. The van der Waals surface area contributed by atoms with Gasteiger partial charge < -0.3 is 9.84 Å². The Labute approximate surface area is 164 Å². The Balaban J connectivity index is 2.16. The lowest BCUT2D eigenvalue weighted by Gasteiger charge is -2.23. The zero-order valence-corrected chi connectivity index (χ0v) is 16.0. The number of benzene rings is 2. The fourth-order valence-electron chi connectivity index (χ4n) is 2.32. The van der Waals surface area contributed by atoms with Crippen molar-refractivity contribution >= 4 is 33.6 Å². The first-order valence-electron chi connectivity index (χ1n) is 8.03. The van der Waals surface area contributed by atoms with Crippen molar-refractivity contribution in [2.24, 2.45) is 5.92 Å². The van der Waals surface area contributed by atoms with Crippen molar-refractivity contribution in [3.05, 3.63) is 70.7 Å². The van der Waals surface area contributed by atoms with Crippen LogP contribution in [0.25, 0.3) is 0 Å². The summed E-state index contributed by atoms with van der Waals surface area (Å²) >= 11 is 3.32. The van der Waals surface area contributed by atoms with E-state index in [9.17, 15) is 14.7 Å². The van der Waals surface area contributed by atoms with E-state index in [1.807, 2.05) is 0 Å². The number of rotatable bonds is 6. The van der Waals surface area contributed by atoms with E-state index in [2.05, 4.69) is 21.2 Å². The van der Waals surface area contributed by atoms with Crippen molar-refractivity contribution in [1.82, 2.24) is 5.48 Å². The largest absolute Gasteiger partial charge is 0.508 e. The lowest BCUT2D eigenvalue weighted by molar-refractivity contribution is -0.124. The molecule has 0 bridgehead atoms. The Kier molecular flexibility index (Phi) is 7.39. The second-order valence-corrected chi connectivity index (χ2v) is 6.66. The van der Waals surface area contributed by atoms with Crippen LogP contribution in [0.1, 0.15) is 18.6 Å². The first-order chi connectivity index (χ1) is 12.9. The number of halogens is 1. The van der Waals surface area contributed by atoms with E-state index in [4.69, 9.17) is 9.94 Å². The Morgan fingerprint density at radius 2 is 1.74 bits per heavy atom. The fraction of sp³-hybridized carbons (Fsp3) is 0.158. The number of aromatic hydroxyl groups is 1. The zero-order chi connectivity index (χ0) is 19.8. The van der Waals surface area contributed by atoms with Crippen LogP contribution in [-0.4, -0.2) is 22.3 Å². The third-order valence-corrected chi connectivity index (χ3v) is 4.21. The summed E-state index contributed by atoms with van der Waals surface area (Å²) < 4.78 is 6.43. The van der Waals surface area contributed by atoms with E-state index < -0.39 is 18.1 Å². The second kappa shape index (κ2) is 9.75. The minimum Gasteiger partial charge on any atom is -0.508 e. The molecule has 0 aliphatic carbocycles. The molecule has 2 aromatic carbocycles. The first kappa shape index (κ1) is 20.5. The van der Waals surface area contributed by atoms with Gasteiger partial charge in [-0.15, -0.1) is 0 Å². The maximum atomic E-state index is 12.3. The van der Waals surface area contributed by atoms with Crippen LogP contribution in [0.15, 0.2) is 65.2 Å². The molecule has 0 saturated carbocycles. The Hall–Kier alpha value is -2.84. The molecule has 0 aliphatic heterocycles. The van der Waals surface area contributed by atoms with Gasteiger partial charge in [0.25, 0.3) is 5.91 Å². The number of carbonyl (C=O) groups excluding carboxylic acids is 2. The number of anilines is 1. The number of phenols is 1. The van der Waals surface area contributed by atoms with Gasteiger partial charge in [-0.1, -0.05) is 41.1 Å². The van der Waals surface area contributed by atoms with Crippen molar-refractivity contribution in [3.63, 3.8) is 0 Å². The van der Waals surface area contributed by atoms with Crippen molar-refractivity contribution < 1.29 is 24.6 Å². The summed E-state index contributed by atoms with van der Waals surface area (Å²) in [6.45, 7) is 1.76. The predicted molar refractivity (Wildman–Crippen MR) is 103 cm³/mol. The summed E-state index contributed by atoms with van der Waals surface area (Å²) in [4.78, 5) is 23.5. The molecular formula is C19H19BrN2O5. The predicted octanol–water partition coefficient (Wildman–Crippen LogP) is 4.14. The highest BCUT2D eigenvalue weighted by Gasteiger charge is 2.22. The molecule has 0 unspecified atom stereocenters. The SMILES string of the molecule is C[C@H](/C=C/C(=O)NO)[C@H](OC(=O)Nc1ccc(Br)cc1)c1ccc(O)cc1. The molecular weight excluding hydrogens is 416 g/mol. The summed E-state index contributed by atoms with van der Waals surface area (Å²) in [7, 11) is 0. The lowest BCUT2D eigenvalue weighted by Crippen LogP contribution is -2.22. The third kappa shape index (κ3) is 6.43. The van der Waals surface area contributed by atoms with Gasteiger partial charge in [-0.25, -0.2) is 10.3 Å². The average Bonchev–Trinajstić information content (AvgIpc) is 2.66. The van der Waals surface area contributed by atoms with E-state index in [1.54, 1.807) is 43.3 Å². The Morgan fingerprint density at radius 3 is 2.33 bits per heavy atom. The van der Waals surface area contributed by atoms with Crippen LogP contribution in [0.5, 0.6) is 5.75 Å². The highest BCUT2D eigenvalue weighted by molar-refractivity contribution is 9.10. The van der Waals surface area contributed by atoms with Crippen LogP contribution in [-0.2, 0) is 9.53 Å². The number of nitrogens with one attached hydrogen (secondary N) is 2. The summed E-state index contributed by atoms with van der Waals surface area (Å²) in [5.41, 5.74) is 2.71. The maximum Gasteiger partial charge on any atom is 0.412 e. The lowest BCUT2D eigenvalue weighted by atomic mass is 9.96. The highest BCUT2D eigenvalue weighted by atomic mass is 79.9. The van der Waals surface area contributed by atoms with Crippen LogP contribution >= 0.6 is 15.9 Å². The summed E-state index contributed by atoms with van der Waals surface area (Å²) in [6, 6.07) is 13.2. The van der Waals surface area contributed by atoms with Crippen molar-refractivity contribution in [2.45, 2.75) is 13.0 Å². The molecule has 0 fully saturated rings. The van der Waals surface area contributed by atoms with Crippen LogP contribution in [0.3, 0.4) is 0 Å². The topological polar surface area (TPSA) is 108 Å². The molecule has 142 valence electrons. The van der Waals surface area contributed by atoms with Gasteiger partial charge in [0.1, 0.15) is 11.9 Å². The van der Waals surface area contributed by atoms with Gasteiger partial charge in [0, 0.05) is 22.2 Å². The van der Waals surface area contributed by atoms with Crippen LogP contribution in [0.2, 0.25) is 0 Å². The minimum atomic E-state index is -0.719. The van der Waals surface area contributed by atoms with Gasteiger partial charge in [0.2, 0.25) is 0 Å². The van der Waals surface area contributed by atoms with E-state index in [0.29, 0.717) is 11.3 Å². The number of amides is 2. The van der Waals surface area contributed by atoms with Crippen LogP contribution in [0.4, 0.5) is 10.5 Å². The average molecular weight is 435 g/mol. The van der Waals surface area contributed by atoms with E-state index in [-0.39, 0.29) is 11.7 Å². The van der Waals surface area contributed by atoms with Crippen molar-refractivity contribution in [1.29, 1.82) is 0 Å². The zero-order valence-electron chi connectivity index (χ0n) is 14.4. The number of phenolic OH excluding ortho intramolecular Hbond substituents is 1. The fourth-order valence-corrected chi connectivity index (χ4v) is 2.58. The number of hydroxylamine groups is 1. The summed E-state index contributed by atoms with van der Waals surface area (Å²) in [5.74, 6) is -0.993. The number of carbonyl (C=O) groups is 2. The number of hydrogen-bond donors (Lipinski definition) is 4. The van der Waals surface area contributed by atoms with Crippen LogP contribution in [0, 0.1) is 5.92 Å². The van der Waals surface area contributed by atoms with Gasteiger partial charge in [-0.05, 0) is 42.0 Å². The molecule has 0 radical (unpaired) electrons. The molecule has 8 heteroatoms. The molecule has 4 N–H and O–H groups in total. The molecule has 27 heavy (non-hydrogen) atoms. The standard InChI is InChI=1S/C19H19BrN2O5/c1-12(2-11-17(24)22-26)18(13-3-9-16(23)10-4-13)27-19(25)21-15-7-5-14(20)6-8-15/h2-12,18,23,26H,1H3,(H,21,25)(H,22,24)/b11-2+/t12-,18+/m1/s1. The molecule has 0 aliphatic rings. The molecule has 2 amide bonds. The summed E-state index contributed by atoms with van der Waals surface area (Å²) in [6.07, 6.45) is 1.27. The van der Waals surface area contributed by atoms with Gasteiger partial charge in [-0.2, -0.15) is 0 Å². The molecule has 0 saturated heterocycles. The van der Waals surface area contributed by atoms with Crippen molar-refractivity contribution in [2.75, 3.05) is 5.32 Å². The van der Waals surface area contributed by atoms with Gasteiger partial charge in [0.15, 0.2) is 0 Å². The van der Waals surface area contributed by atoms with Gasteiger partial charge in [-0.3, -0.25) is 15.3 Å². The number of ether oxygens (including phenoxy) is 1. The Morgan fingerprint density at radius 1 is 1.11 bits per heavy atom. The van der Waals surface area contributed by atoms with Gasteiger partial charge >= 0.3 is 6.09 Å². The van der Waals surface area contributed by atoms with E-state index >= 15 is 0 Å². The molecule has 2 atom stereocenters. The minimum absolute atomic E-state index is 0.0830. The third-order valence-electron chi connectivity index (χ3n) is 3.69.